The molecule has 0 amide bonds. The summed E-state index contributed by atoms with van der Waals surface area (Å²) in [4.78, 5) is 0. The average Bonchev–Trinajstić information content (AvgIpc) is 2.72. The number of nitrogens with one attached hydrogen (secondary N) is 1. The molecule has 0 radical (unpaired) electrons. The fourth-order valence-electron chi connectivity index (χ4n) is 1.46. The van der Waals surface area contributed by atoms with E-state index in [9.17, 15) is 0 Å². The van der Waals surface area contributed by atoms with Crippen molar-refractivity contribution >= 4 is 0 Å². The fourth-order valence-corrected chi connectivity index (χ4v) is 1.46. The molecule has 0 bridgehead atoms. The van der Waals surface area contributed by atoms with Gasteiger partial charge in [-0.1, -0.05) is 6.92 Å². The molecule has 0 aliphatic rings. The Labute approximate surface area is 92.4 Å². The van der Waals surface area contributed by atoms with Gasteiger partial charge in [0.05, 0.1) is 6.61 Å². The molecule has 1 heterocycles. The maximum Gasteiger partial charge on any atom is 0.0587 e. The third-order valence-electron chi connectivity index (χ3n) is 2.69. The van der Waals surface area contributed by atoms with Crippen LogP contribution in [0.15, 0.2) is 18.5 Å². The smallest absolute Gasteiger partial charge is 0.0587 e. The number of aromatic nitrogens is 1. The Balaban J connectivity index is 2.33. The molecule has 1 aromatic heterocycles. The number of hydrogen-bond acceptors (Lipinski definition) is 2. The van der Waals surface area contributed by atoms with E-state index < -0.39 is 0 Å². The molecule has 3 nitrogen and oxygen atoms in total. The minimum absolute atomic E-state index is 0.595. The molecule has 1 aromatic rings. The third kappa shape index (κ3) is 4.06. The second-order valence-corrected chi connectivity index (χ2v) is 3.89. The van der Waals surface area contributed by atoms with Crippen LogP contribution in [0, 0.1) is 0 Å². The second-order valence-electron chi connectivity index (χ2n) is 3.89. The molecule has 0 aromatic carbocycles. The first kappa shape index (κ1) is 12.3. The maximum absolute atomic E-state index is 4.97. The summed E-state index contributed by atoms with van der Waals surface area (Å²) in [5, 5.41) is 3.33. The van der Waals surface area contributed by atoms with Crippen LogP contribution in [0.5, 0.6) is 0 Å². The van der Waals surface area contributed by atoms with Crippen LogP contribution in [0.25, 0.3) is 0 Å². The number of ether oxygens (including phenoxy) is 1. The molecule has 0 aliphatic heterocycles. The lowest BCUT2D eigenvalue weighted by Gasteiger charge is -2.09. The van der Waals surface area contributed by atoms with Crippen molar-refractivity contribution in [1.82, 2.24) is 9.88 Å². The van der Waals surface area contributed by atoms with Crippen molar-refractivity contribution in [3.05, 3.63) is 24.0 Å². The van der Waals surface area contributed by atoms with Crippen LogP contribution in [0.3, 0.4) is 0 Å². The Hall–Kier alpha value is -0.800. The summed E-state index contributed by atoms with van der Waals surface area (Å²) in [6.45, 7) is 7.05. The van der Waals surface area contributed by atoms with Gasteiger partial charge in [0.15, 0.2) is 0 Å². The lowest BCUT2D eigenvalue weighted by molar-refractivity contribution is 0.199. The van der Waals surface area contributed by atoms with Gasteiger partial charge in [-0.25, -0.2) is 0 Å². The van der Waals surface area contributed by atoms with E-state index in [2.05, 4.69) is 42.2 Å². The van der Waals surface area contributed by atoms with Gasteiger partial charge in [0, 0.05) is 38.6 Å². The Bertz CT molecular complexity index is 270. The van der Waals surface area contributed by atoms with Crippen LogP contribution in [-0.2, 0) is 11.3 Å². The molecule has 0 unspecified atom stereocenters. The summed E-state index contributed by atoms with van der Waals surface area (Å²) < 4.78 is 7.24. The van der Waals surface area contributed by atoms with E-state index in [1.165, 1.54) is 12.0 Å². The van der Waals surface area contributed by atoms with Crippen LogP contribution in [0.2, 0.25) is 0 Å². The molecular formula is C12H22N2O. The molecular weight excluding hydrogens is 188 g/mol. The number of rotatable bonds is 7. The van der Waals surface area contributed by atoms with Gasteiger partial charge >= 0.3 is 0 Å². The first-order chi connectivity index (χ1) is 7.27. The molecule has 0 spiro atoms. The van der Waals surface area contributed by atoms with Gasteiger partial charge < -0.3 is 14.6 Å². The monoisotopic (exact) mass is 210 g/mol. The highest BCUT2D eigenvalue weighted by Crippen LogP contribution is 2.12. The van der Waals surface area contributed by atoms with Gasteiger partial charge in [-0.3, -0.25) is 0 Å². The normalized spacial score (nSPS) is 13.0. The number of hydrogen-bond donors (Lipinski definition) is 1. The van der Waals surface area contributed by atoms with E-state index in [1.807, 2.05) is 0 Å². The van der Waals surface area contributed by atoms with Crippen LogP contribution in [0.4, 0.5) is 0 Å². The minimum Gasteiger partial charge on any atom is -0.383 e. The first-order valence-corrected chi connectivity index (χ1v) is 5.64. The topological polar surface area (TPSA) is 26.2 Å². The molecule has 1 rings (SSSR count). The van der Waals surface area contributed by atoms with E-state index in [4.69, 9.17) is 4.74 Å². The van der Waals surface area contributed by atoms with Crippen LogP contribution in [-0.4, -0.2) is 24.8 Å². The molecule has 86 valence electrons. The number of methoxy groups -OCH3 is 1. The quantitative estimate of drug-likeness (QED) is 0.698. The van der Waals surface area contributed by atoms with Crippen molar-refractivity contribution in [2.75, 3.05) is 20.3 Å². The van der Waals surface area contributed by atoms with Crippen molar-refractivity contribution in [3.63, 3.8) is 0 Å². The molecule has 1 N–H and O–H groups in total. The second kappa shape index (κ2) is 6.64. The zero-order valence-corrected chi connectivity index (χ0v) is 9.99. The standard InChI is InChI=1S/C12H22N2O/c1-4-11(2)14-7-5-12(10-14)9-13-6-8-15-3/h5,7,10-11,13H,4,6,8-9H2,1-3H3/t11-/m0/s1. The molecule has 3 heteroatoms. The van der Waals surface area contributed by atoms with Crippen LogP contribution in [0.1, 0.15) is 31.9 Å². The summed E-state index contributed by atoms with van der Waals surface area (Å²) in [6.07, 6.45) is 5.54. The maximum atomic E-state index is 4.97. The molecule has 1 atom stereocenters. The average molecular weight is 210 g/mol. The summed E-state index contributed by atoms with van der Waals surface area (Å²) in [7, 11) is 1.72. The highest BCUT2D eigenvalue weighted by molar-refractivity contribution is 5.10. The van der Waals surface area contributed by atoms with Crippen molar-refractivity contribution in [3.8, 4) is 0 Å². The molecule has 0 saturated heterocycles. The summed E-state index contributed by atoms with van der Waals surface area (Å²) in [5.74, 6) is 0. The van der Waals surface area contributed by atoms with Crippen molar-refractivity contribution < 1.29 is 4.74 Å². The Morgan fingerprint density at radius 2 is 2.33 bits per heavy atom. The predicted octanol–water partition coefficient (Wildman–Crippen LogP) is 2.20. The van der Waals surface area contributed by atoms with E-state index in [0.29, 0.717) is 6.04 Å². The summed E-state index contributed by atoms with van der Waals surface area (Å²) in [6, 6.07) is 2.77. The SMILES string of the molecule is CC[C@H](C)n1ccc(CNCCOC)c1. The predicted molar refractivity (Wildman–Crippen MR) is 63.0 cm³/mol. The van der Waals surface area contributed by atoms with Gasteiger partial charge in [-0.2, -0.15) is 0 Å². The zero-order chi connectivity index (χ0) is 11.1. The van der Waals surface area contributed by atoms with Crippen LogP contribution >= 0.6 is 0 Å². The first-order valence-electron chi connectivity index (χ1n) is 5.64. The highest BCUT2D eigenvalue weighted by Gasteiger charge is 2.01. The summed E-state index contributed by atoms with van der Waals surface area (Å²) in [5.41, 5.74) is 1.34. The van der Waals surface area contributed by atoms with Gasteiger partial charge in [-0.05, 0) is 25.0 Å². The molecule has 0 fully saturated rings. The molecule has 0 saturated carbocycles. The third-order valence-corrected chi connectivity index (χ3v) is 2.69. The summed E-state index contributed by atoms with van der Waals surface area (Å²) >= 11 is 0. The van der Waals surface area contributed by atoms with Gasteiger partial charge in [-0.15, -0.1) is 0 Å². The molecule has 15 heavy (non-hydrogen) atoms. The van der Waals surface area contributed by atoms with E-state index in [1.54, 1.807) is 7.11 Å². The van der Waals surface area contributed by atoms with Gasteiger partial charge in [0.1, 0.15) is 0 Å². The highest BCUT2D eigenvalue weighted by atomic mass is 16.5. The Morgan fingerprint density at radius 3 is 3.00 bits per heavy atom. The zero-order valence-electron chi connectivity index (χ0n) is 9.99. The molecule has 0 aliphatic carbocycles. The van der Waals surface area contributed by atoms with E-state index >= 15 is 0 Å². The minimum atomic E-state index is 0.595. The fraction of sp³-hybridized carbons (Fsp3) is 0.667. The van der Waals surface area contributed by atoms with Crippen molar-refractivity contribution in [2.45, 2.75) is 32.9 Å². The lowest BCUT2D eigenvalue weighted by Crippen LogP contribution is -2.18. The van der Waals surface area contributed by atoms with Gasteiger partial charge in [0.25, 0.3) is 0 Å². The van der Waals surface area contributed by atoms with Gasteiger partial charge in [0.2, 0.25) is 0 Å². The van der Waals surface area contributed by atoms with Crippen molar-refractivity contribution in [1.29, 1.82) is 0 Å². The van der Waals surface area contributed by atoms with E-state index in [-0.39, 0.29) is 0 Å². The lowest BCUT2D eigenvalue weighted by atomic mass is 10.2. The van der Waals surface area contributed by atoms with Crippen LogP contribution < -0.4 is 5.32 Å². The Morgan fingerprint density at radius 1 is 1.53 bits per heavy atom. The largest absolute Gasteiger partial charge is 0.383 e. The van der Waals surface area contributed by atoms with E-state index in [0.717, 1.165) is 19.7 Å². The van der Waals surface area contributed by atoms with Crippen molar-refractivity contribution in [2.24, 2.45) is 0 Å². The number of nitrogens with zero attached hydrogens (tertiary/aromatic N) is 1. The Kier molecular flexibility index (Phi) is 5.43.